The average molecular weight is 405 g/mol. The van der Waals surface area contributed by atoms with E-state index in [-0.39, 0.29) is 30.0 Å². The summed E-state index contributed by atoms with van der Waals surface area (Å²) < 4.78 is 5.87. The number of ether oxygens (including phenoxy) is 1. The Hall–Kier alpha value is -3.06. The normalized spacial score (nSPS) is 23.7. The Morgan fingerprint density at radius 2 is 1.93 bits per heavy atom. The lowest BCUT2D eigenvalue weighted by molar-refractivity contribution is -0.133. The van der Waals surface area contributed by atoms with Crippen LogP contribution in [0.15, 0.2) is 36.5 Å². The van der Waals surface area contributed by atoms with E-state index in [2.05, 4.69) is 10.3 Å². The van der Waals surface area contributed by atoms with Crippen LogP contribution in [0.2, 0.25) is 0 Å². The summed E-state index contributed by atoms with van der Waals surface area (Å²) in [5.41, 5.74) is 3.44. The number of ketones is 2. The van der Waals surface area contributed by atoms with Gasteiger partial charge >= 0.3 is 0 Å². The highest BCUT2D eigenvalue weighted by Gasteiger charge is 2.38. The Kier molecular flexibility index (Phi) is 4.83. The Bertz CT molecular complexity index is 1010. The largest absolute Gasteiger partial charge is 0.473 e. The molecule has 1 aromatic carbocycles. The molecule has 0 bridgehead atoms. The van der Waals surface area contributed by atoms with Crippen LogP contribution in [-0.4, -0.2) is 52.6 Å². The van der Waals surface area contributed by atoms with Crippen LogP contribution in [0.4, 0.5) is 0 Å². The number of nitrogens with one attached hydrogen (secondary N) is 1. The van der Waals surface area contributed by atoms with Crippen LogP contribution in [-0.2, 0) is 16.1 Å². The van der Waals surface area contributed by atoms with E-state index in [9.17, 15) is 14.4 Å². The minimum atomic E-state index is -0.491. The fourth-order valence-corrected chi connectivity index (χ4v) is 4.48. The Balaban J connectivity index is 1.33. The van der Waals surface area contributed by atoms with Gasteiger partial charge in [0.25, 0.3) is 5.91 Å². The highest BCUT2D eigenvalue weighted by Crippen LogP contribution is 2.32. The predicted molar refractivity (Wildman–Crippen MR) is 109 cm³/mol. The van der Waals surface area contributed by atoms with Crippen molar-refractivity contribution < 1.29 is 19.1 Å². The van der Waals surface area contributed by atoms with E-state index in [4.69, 9.17) is 4.74 Å². The molecule has 1 aliphatic carbocycles. The van der Waals surface area contributed by atoms with Crippen molar-refractivity contribution in [3.63, 3.8) is 0 Å². The van der Waals surface area contributed by atoms with E-state index in [1.165, 1.54) is 0 Å². The molecular formula is C23H23N3O4. The average Bonchev–Trinajstić information content (AvgIpc) is 3.36. The lowest BCUT2D eigenvalue weighted by Crippen LogP contribution is -2.44. The Morgan fingerprint density at radius 3 is 2.67 bits per heavy atom. The molecule has 0 radical (unpaired) electrons. The minimum absolute atomic E-state index is 0.0354. The van der Waals surface area contributed by atoms with Crippen LogP contribution in [0.1, 0.15) is 41.6 Å². The molecule has 5 rings (SSSR count). The van der Waals surface area contributed by atoms with E-state index in [0.29, 0.717) is 30.8 Å². The van der Waals surface area contributed by atoms with E-state index in [1.54, 1.807) is 11.1 Å². The summed E-state index contributed by atoms with van der Waals surface area (Å²) in [5.74, 6) is 0.299. The van der Waals surface area contributed by atoms with Gasteiger partial charge in [-0.3, -0.25) is 14.4 Å². The van der Waals surface area contributed by atoms with Gasteiger partial charge in [0.2, 0.25) is 5.88 Å². The van der Waals surface area contributed by atoms with Gasteiger partial charge in [-0.15, -0.1) is 0 Å². The molecule has 1 amide bonds. The van der Waals surface area contributed by atoms with Crippen molar-refractivity contribution in [2.45, 2.75) is 44.4 Å². The van der Waals surface area contributed by atoms with Crippen molar-refractivity contribution >= 4 is 17.5 Å². The molecule has 2 fully saturated rings. The van der Waals surface area contributed by atoms with Crippen molar-refractivity contribution in [2.75, 3.05) is 13.1 Å². The first-order chi connectivity index (χ1) is 14.6. The first-order valence-electron chi connectivity index (χ1n) is 10.4. The molecule has 2 aromatic rings. The van der Waals surface area contributed by atoms with Crippen molar-refractivity contribution in [1.82, 2.24) is 15.2 Å². The first-order valence-corrected chi connectivity index (χ1v) is 10.4. The van der Waals surface area contributed by atoms with Gasteiger partial charge in [-0.2, -0.15) is 0 Å². The van der Waals surface area contributed by atoms with Crippen LogP contribution in [0, 0.1) is 0 Å². The van der Waals surface area contributed by atoms with Gasteiger partial charge in [-0.25, -0.2) is 4.98 Å². The molecule has 3 aliphatic rings. The van der Waals surface area contributed by atoms with Crippen LogP contribution < -0.4 is 10.1 Å². The van der Waals surface area contributed by atoms with Crippen molar-refractivity contribution in [2.24, 2.45) is 0 Å². The molecule has 1 aromatic heterocycles. The predicted octanol–water partition coefficient (Wildman–Crippen LogP) is 2.14. The minimum Gasteiger partial charge on any atom is -0.473 e. The maximum atomic E-state index is 12.8. The molecule has 7 heteroatoms. The zero-order valence-corrected chi connectivity index (χ0v) is 16.6. The maximum absolute atomic E-state index is 12.8. The molecule has 2 atom stereocenters. The fraction of sp³-hybridized carbons (Fsp3) is 0.391. The number of benzene rings is 1. The van der Waals surface area contributed by atoms with E-state index >= 15 is 0 Å². The molecule has 2 aliphatic heterocycles. The number of fused-ring (bicyclic) bond motifs is 1. The Morgan fingerprint density at radius 1 is 1.07 bits per heavy atom. The standard InChI is InChI=1S/C23H23N3O4/c27-17-3-5-20(21(28)10-17)26-13-16-9-14(1-4-19(16)23(26)29)15-2-6-22(25-11-15)30-18-7-8-24-12-18/h1-2,4,6,9,11,18,20,24H,3,5,7-8,10,12-13H2/t18-,20?/m1/s1. The molecule has 1 saturated carbocycles. The van der Waals surface area contributed by atoms with Gasteiger partial charge in [-0.05, 0) is 48.7 Å². The van der Waals surface area contributed by atoms with Gasteiger partial charge in [0.15, 0.2) is 5.78 Å². The quantitative estimate of drug-likeness (QED) is 0.784. The number of amides is 1. The highest BCUT2D eigenvalue weighted by molar-refractivity contribution is 6.07. The van der Waals surface area contributed by atoms with Crippen LogP contribution >= 0.6 is 0 Å². The fourth-order valence-electron chi connectivity index (χ4n) is 4.48. The zero-order chi connectivity index (χ0) is 20.7. The van der Waals surface area contributed by atoms with Crippen LogP contribution in [0.5, 0.6) is 5.88 Å². The number of carbonyl (C=O) groups excluding carboxylic acids is 3. The zero-order valence-electron chi connectivity index (χ0n) is 16.6. The van der Waals surface area contributed by atoms with Crippen molar-refractivity contribution in [3.8, 4) is 17.0 Å². The molecule has 154 valence electrons. The molecule has 7 nitrogen and oxygen atoms in total. The molecule has 0 spiro atoms. The van der Waals surface area contributed by atoms with Gasteiger partial charge in [-0.1, -0.05) is 6.07 Å². The third kappa shape index (κ3) is 3.50. The lowest BCUT2D eigenvalue weighted by atomic mass is 9.92. The summed E-state index contributed by atoms with van der Waals surface area (Å²) in [6, 6.07) is 9.07. The summed E-state index contributed by atoms with van der Waals surface area (Å²) in [7, 11) is 0. The summed E-state index contributed by atoms with van der Waals surface area (Å²) in [5, 5.41) is 3.27. The number of nitrogens with zero attached hydrogens (tertiary/aromatic N) is 2. The molecule has 3 heterocycles. The summed E-state index contributed by atoms with van der Waals surface area (Å²) in [4.78, 5) is 42.7. The van der Waals surface area contributed by atoms with E-state index < -0.39 is 6.04 Å². The summed E-state index contributed by atoms with van der Waals surface area (Å²) in [6.45, 7) is 2.21. The number of carbonyl (C=O) groups is 3. The second-order valence-corrected chi connectivity index (χ2v) is 8.16. The van der Waals surface area contributed by atoms with Gasteiger partial charge in [0.1, 0.15) is 11.9 Å². The number of Topliss-reactive ketones (excluding diaryl/α,β-unsaturated/α-hetero) is 2. The second kappa shape index (κ2) is 7.65. The third-order valence-electron chi connectivity index (χ3n) is 6.13. The maximum Gasteiger partial charge on any atom is 0.255 e. The summed E-state index contributed by atoms with van der Waals surface area (Å²) >= 11 is 0. The van der Waals surface area contributed by atoms with Crippen molar-refractivity contribution in [3.05, 3.63) is 47.7 Å². The second-order valence-electron chi connectivity index (χ2n) is 8.16. The molecule has 30 heavy (non-hydrogen) atoms. The smallest absolute Gasteiger partial charge is 0.255 e. The first kappa shape index (κ1) is 18.9. The van der Waals surface area contributed by atoms with Gasteiger partial charge in [0, 0.05) is 42.9 Å². The number of pyridine rings is 1. The number of hydrogen-bond donors (Lipinski definition) is 1. The third-order valence-corrected chi connectivity index (χ3v) is 6.13. The molecular weight excluding hydrogens is 382 g/mol. The lowest BCUT2D eigenvalue weighted by Gasteiger charge is -2.29. The van der Waals surface area contributed by atoms with E-state index in [1.807, 2.05) is 30.3 Å². The number of hydrogen-bond acceptors (Lipinski definition) is 6. The summed E-state index contributed by atoms with van der Waals surface area (Å²) in [6.07, 6.45) is 3.65. The SMILES string of the molecule is O=C1CCC(N2Cc3cc(-c4ccc(O[C@@H]5CCNC5)nc4)ccc3C2=O)C(=O)C1. The number of rotatable bonds is 4. The molecule has 1 N–H and O–H groups in total. The van der Waals surface area contributed by atoms with Gasteiger partial charge in [0.05, 0.1) is 12.5 Å². The van der Waals surface area contributed by atoms with Crippen molar-refractivity contribution in [1.29, 1.82) is 0 Å². The van der Waals surface area contributed by atoms with E-state index in [0.717, 1.165) is 36.2 Å². The number of aromatic nitrogens is 1. The highest BCUT2D eigenvalue weighted by atomic mass is 16.5. The monoisotopic (exact) mass is 405 g/mol. The van der Waals surface area contributed by atoms with Gasteiger partial charge < -0.3 is 15.0 Å². The van der Waals surface area contributed by atoms with Crippen LogP contribution in [0.25, 0.3) is 11.1 Å². The topological polar surface area (TPSA) is 88.6 Å². The molecule has 1 unspecified atom stereocenters. The van der Waals surface area contributed by atoms with Crippen LogP contribution in [0.3, 0.4) is 0 Å². The molecule has 1 saturated heterocycles. The Labute approximate surface area is 174 Å².